The molecular formula is C15H24N4OS. The second-order valence-corrected chi connectivity index (χ2v) is 6.40. The van der Waals surface area contributed by atoms with Gasteiger partial charge < -0.3 is 10.2 Å². The largest absolute Gasteiger partial charge is 0.338 e. The standard InChI is InChI=1S/C15H24N4OS/c1-3-4-5-6-7-16-15(20)19-8-9-21-12-14(19)13-10-17-18(2)11-13/h3,10-11,14H,1,4-9,12H2,2H3,(H,16,20)/t14-/m1/s1. The average molecular weight is 308 g/mol. The molecular weight excluding hydrogens is 284 g/mol. The van der Waals surface area contributed by atoms with Gasteiger partial charge in [-0.15, -0.1) is 6.58 Å². The van der Waals surface area contributed by atoms with Crippen LogP contribution in [0.1, 0.15) is 30.9 Å². The van der Waals surface area contributed by atoms with Gasteiger partial charge in [0, 0.05) is 43.4 Å². The number of unbranched alkanes of at least 4 members (excludes halogenated alkanes) is 2. The zero-order valence-electron chi connectivity index (χ0n) is 12.6. The zero-order valence-corrected chi connectivity index (χ0v) is 13.4. The molecule has 1 saturated heterocycles. The van der Waals surface area contributed by atoms with E-state index in [4.69, 9.17) is 0 Å². The fourth-order valence-corrected chi connectivity index (χ4v) is 3.53. The summed E-state index contributed by atoms with van der Waals surface area (Å²) < 4.78 is 1.79. The van der Waals surface area contributed by atoms with Crippen molar-refractivity contribution >= 4 is 17.8 Å². The quantitative estimate of drug-likeness (QED) is 0.649. The molecule has 0 bridgehead atoms. The number of nitrogens with zero attached hydrogens (tertiary/aromatic N) is 3. The van der Waals surface area contributed by atoms with Crippen molar-refractivity contribution in [1.29, 1.82) is 0 Å². The van der Waals surface area contributed by atoms with E-state index >= 15 is 0 Å². The molecule has 0 saturated carbocycles. The van der Waals surface area contributed by atoms with Gasteiger partial charge in [-0.05, 0) is 19.3 Å². The third kappa shape index (κ3) is 4.52. The first kappa shape index (κ1) is 15.9. The third-order valence-electron chi connectivity index (χ3n) is 3.61. The third-order valence-corrected chi connectivity index (χ3v) is 4.63. The highest BCUT2D eigenvalue weighted by molar-refractivity contribution is 7.99. The van der Waals surface area contributed by atoms with E-state index in [1.54, 1.807) is 4.68 Å². The normalized spacial score (nSPS) is 18.5. The summed E-state index contributed by atoms with van der Waals surface area (Å²) in [5.41, 5.74) is 1.12. The van der Waals surface area contributed by atoms with Gasteiger partial charge in [0.15, 0.2) is 0 Å². The lowest BCUT2D eigenvalue weighted by Gasteiger charge is -2.34. The van der Waals surface area contributed by atoms with Gasteiger partial charge in [-0.2, -0.15) is 16.9 Å². The molecule has 2 rings (SSSR count). The Morgan fingerprint density at radius 2 is 2.48 bits per heavy atom. The van der Waals surface area contributed by atoms with Crippen LogP contribution in [0.15, 0.2) is 25.0 Å². The highest BCUT2D eigenvalue weighted by Gasteiger charge is 2.28. The molecule has 0 unspecified atom stereocenters. The Kier molecular flexibility index (Phi) is 6.17. The maximum absolute atomic E-state index is 12.4. The molecule has 0 spiro atoms. The summed E-state index contributed by atoms with van der Waals surface area (Å²) in [4.78, 5) is 14.3. The van der Waals surface area contributed by atoms with Gasteiger partial charge in [0.2, 0.25) is 0 Å². The summed E-state index contributed by atoms with van der Waals surface area (Å²) in [5.74, 6) is 1.94. The first-order chi connectivity index (χ1) is 10.2. The van der Waals surface area contributed by atoms with Crippen molar-refractivity contribution < 1.29 is 4.79 Å². The number of amides is 2. The lowest BCUT2D eigenvalue weighted by molar-refractivity contribution is 0.182. The Morgan fingerprint density at radius 3 is 3.19 bits per heavy atom. The summed E-state index contributed by atoms with van der Waals surface area (Å²) in [6.07, 6.45) is 8.86. The van der Waals surface area contributed by atoms with Crippen LogP contribution in [0.5, 0.6) is 0 Å². The minimum atomic E-state index is 0.0442. The molecule has 1 aliphatic rings. The van der Waals surface area contributed by atoms with Crippen molar-refractivity contribution in [2.45, 2.75) is 25.3 Å². The Morgan fingerprint density at radius 1 is 1.62 bits per heavy atom. The van der Waals surface area contributed by atoms with Crippen LogP contribution < -0.4 is 5.32 Å². The molecule has 6 heteroatoms. The van der Waals surface area contributed by atoms with Gasteiger partial charge in [0.25, 0.3) is 0 Å². The number of nitrogens with one attached hydrogen (secondary N) is 1. The second-order valence-electron chi connectivity index (χ2n) is 5.25. The first-order valence-electron chi connectivity index (χ1n) is 7.44. The fourth-order valence-electron chi connectivity index (χ4n) is 2.45. The molecule has 1 aromatic heterocycles. The molecule has 2 amide bonds. The molecule has 0 radical (unpaired) electrons. The van der Waals surface area contributed by atoms with Crippen LogP contribution in [0.4, 0.5) is 4.79 Å². The van der Waals surface area contributed by atoms with E-state index < -0.39 is 0 Å². The number of hydrogen-bond acceptors (Lipinski definition) is 3. The summed E-state index contributed by atoms with van der Waals surface area (Å²) >= 11 is 1.89. The van der Waals surface area contributed by atoms with Crippen LogP contribution in [-0.4, -0.2) is 45.3 Å². The number of thioether (sulfide) groups is 1. The number of hydrogen-bond donors (Lipinski definition) is 1. The van der Waals surface area contributed by atoms with Crippen LogP contribution in [0.3, 0.4) is 0 Å². The number of carbonyl (C=O) groups is 1. The Balaban J connectivity index is 1.89. The van der Waals surface area contributed by atoms with Gasteiger partial charge >= 0.3 is 6.03 Å². The Labute approximate surface area is 130 Å². The molecule has 1 N–H and O–H groups in total. The lowest BCUT2D eigenvalue weighted by Crippen LogP contribution is -2.46. The highest BCUT2D eigenvalue weighted by atomic mass is 32.2. The predicted molar refractivity (Wildman–Crippen MR) is 87.4 cm³/mol. The van der Waals surface area contributed by atoms with Crippen LogP contribution >= 0.6 is 11.8 Å². The van der Waals surface area contributed by atoms with Crippen molar-refractivity contribution in [2.75, 3.05) is 24.6 Å². The molecule has 0 aliphatic carbocycles. The van der Waals surface area contributed by atoms with Crippen molar-refractivity contribution in [3.63, 3.8) is 0 Å². The number of rotatable bonds is 6. The fraction of sp³-hybridized carbons (Fsp3) is 0.600. The van der Waals surface area contributed by atoms with E-state index in [0.717, 1.165) is 49.4 Å². The summed E-state index contributed by atoms with van der Waals surface area (Å²) in [5, 5.41) is 7.26. The smallest absolute Gasteiger partial charge is 0.317 e. The maximum Gasteiger partial charge on any atom is 0.317 e. The van der Waals surface area contributed by atoms with Crippen molar-refractivity contribution in [2.24, 2.45) is 7.05 Å². The second kappa shape index (κ2) is 8.12. The number of urea groups is 1. The molecule has 1 fully saturated rings. The highest BCUT2D eigenvalue weighted by Crippen LogP contribution is 2.29. The zero-order chi connectivity index (χ0) is 15.1. The number of allylic oxidation sites excluding steroid dienone is 1. The predicted octanol–water partition coefficient (Wildman–Crippen LogP) is 2.58. The minimum absolute atomic E-state index is 0.0442. The monoisotopic (exact) mass is 308 g/mol. The molecule has 1 aromatic rings. The molecule has 116 valence electrons. The molecule has 0 aromatic carbocycles. The number of aryl methyl sites for hydroxylation is 1. The van der Waals surface area contributed by atoms with E-state index in [1.807, 2.05) is 42.2 Å². The van der Waals surface area contributed by atoms with Crippen LogP contribution in [0.2, 0.25) is 0 Å². The summed E-state index contributed by atoms with van der Waals surface area (Å²) in [7, 11) is 1.91. The molecule has 5 nitrogen and oxygen atoms in total. The van der Waals surface area contributed by atoms with Crippen LogP contribution in [0.25, 0.3) is 0 Å². The Hall–Kier alpha value is -1.43. The van der Waals surface area contributed by atoms with E-state index in [0.29, 0.717) is 0 Å². The Bertz CT molecular complexity index is 474. The van der Waals surface area contributed by atoms with Crippen LogP contribution in [-0.2, 0) is 7.05 Å². The van der Waals surface area contributed by atoms with Gasteiger partial charge in [-0.3, -0.25) is 4.68 Å². The SMILES string of the molecule is C=CCCCCNC(=O)N1CCSC[C@@H]1c1cnn(C)c1. The van der Waals surface area contributed by atoms with E-state index in [1.165, 1.54) is 0 Å². The number of carbonyl (C=O) groups excluding carboxylic acids is 1. The first-order valence-corrected chi connectivity index (χ1v) is 8.59. The van der Waals surface area contributed by atoms with Gasteiger partial charge in [-0.25, -0.2) is 4.79 Å². The van der Waals surface area contributed by atoms with Crippen molar-refractivity contribution in [3.05, 3.63) is 30.6 Å². The molecule has 1 aliphatic heterocycles. The molecule has 2 heterocycles. The van der Waals surface area contributed by atoms with Gasteiger partial charge in [0.1, 0.15) is 0 Å². The number of aromatic nitrogens is 2. The van der Waals surface area contributed by atoms with E-state index in [2.05, 4.69) is 17.0 Å². The summed E-state index contributed by atoms with van der Waals surface area (Å²) in [6.45, 7) is 5.23. The molecule has 21 heavy (non-hydrogen) atoms. The minimum Gasteiger partial charge on any atom is -0.338 e. The molecule has 1 atom stereocenters. The van der Waals surface area contributed by atoms with E-state index in [-0.39, 0.29) is 12.1 Å². The lowest BCUT2D eigenvalue weighted by atomic mass is 10.1. The van der Waals surface area contributed by atoms with Gasteiger partial charge in [0.05, 0.1) is 12.2 Å². The van der Waals surface area contributed by atoms with Crippen LogP contribution in [0, 0.1) is 0 Å². The maximum atomic E-state index is 12.4. The van der Waals surface area contributed by atoms with Crippen molar-refractivity contribution in [1.82, 2.24) is 20.0 Å². The van der Waals surface area contributed by atoms with E-state index in [9.17, 15) is 4.79 Å². The summed E-state index contributed by atoms with van der Waals surface area (Å²) in [6, 6.07) is 0.174. The average Bonchev–Trinajstić information content (AvgIpc) is 2.93. The van der Waals surface area contributed by atoms with Gasteiger partial charge in [-0.1, -0.05) is 6.08 Å². The van der Waals surface area contributed by atoms with Crippen molar-refractivity contribution in [3.8, 4) is 0 Å². The topological polar surface area (TPSA) is 50.2 Å².